The highest BCUT2D eigenvalue weighted by Gasteiger charge is 2.24. The second-order valence-corrected chi connectivity index (χ2v) is 10.4. The van der Waals surface area contributed by atoms with Crippen LogP contribution >= 0.6 is 0 Å². The van der Waals surface area contributed by atoms with E-state index in [0.29, 0.717) is 24.5 Å². The topological polar surface area (TPSA) is 86.5 Å². The number of aryl methyl sites for hydroxylation is 1. The zero-order valence-electron chi connectivity index (χ0n) is 22.9. The molecule has 0 amide bonds. The highest BCUT2D eigenvalue weighted by molar-refractivity contribution is 5.92. The predicted molar refractivity (Wildman–Crippen MR) is 149 cm³/mol. The number of carboxylic acids is 1. The fraction of sp³-hybridized carbons (Fsp3) is 0.219. The van der Waals surface area contributed by atoms with Crippen molar-refractivity contribution >= 4 is 17.0 Å². The van der Waals surface area contributed by atoms with Crippen molar-refractivity contribution in [3.63, 3.8) is 0 Å². The van der Waals surface area contributed by atoms with Crippen LogP contribution in [0.1, 0.15) is 39.3 Å². The number of aromatic carboxylic acids is 1. The number of rotatable bonds is 9. The van der Waals surface area contributed by atoms with E-state index < -0.39 is 29.2 Å². The SMILES string of the molecule is Cc1ccc(COc2nc(-c3ccc(Cc4nc5c(F)cc(C(=O)O)cc5n4C[C@@H]4CCO4)c(F)c3)ccc2F)c(F)c1. The van der Waals surface area contributed by atoms with Crippen LogP contribution in [-0.2, 0) is 24.3 Å². The Morgan fingerprint density at radius 1 is 0.953 bits per heavy atom. The van der Waals surface area contributed by atoms with Crippen molar-refractivity contribution in [3.05, 3.63) is 112 Å². The molecule has 1 aliphatic rings. The van der Waals surface area contributed by atoms with Crippen LogP contribution in [-0.4, -0.2) is 38.3 Å². The van der Waals surface area contributed by atoms with Crippen LogP contribution in [0.2, 0.25) is 0 Å². The second kappa shape index (κ2) is 11.5. The number of nitrogens with zero attached hydrogens (tertiary/aromatic N) is 3. The van der Waals surface area contributed by atoms with E-state index in [2.05, 4.69) is 9.97 Å². The lowest BCUT2D eigenvalue weighted by atomic mass is 10.0. The summed E-state index contributed by atoms with van der Waals surface area (Å²) in [6.45, 7) is 2.40. The Kier molecular flexibility index (Phi) is 7.57. The summed E-state index contributed by atoms with van der Waals surface area (Å²) in [6.07, 6.45) is 0.617. The molecule has 11 heteroatoms. The summed E-state index contributed by atoms with van der Waals surface area (Å²) >= 11 is 0. The van der Waals surface area contributed by atoms with Crippen LogP contribution in [0.5, 0.6) is 5.88 Å². The minimum Gasteiger partial charge on any atom is -0.478 e. The van der Waals surface area contributed by atoms with Crippen molar-refractivity contribution in [2.75, 3.05) is 6.61 Å². The van der Waals surface area contributed by atoms with Crippen molar-refractivity contribution in [1.29, 1.82) is 0 Å². The standard InChI is InChI=1S/C32H25F4N3O4/c1-17-2-3-20(24(34)10-17)16-43-31-23(33)6-7-27(37-31)19-5-4-18(25(35)11-19)14-29-38-30-26(36)12-21(32(40)41)13-28(30)39(29)15-22-8-9-42-22/h2-7,10-13,22H,8-9,14-16H2,1H3,(H,40,41)/t22-/m0/s1. The van der Waals surface area contributed by atoms with Gasteiger partial charge in [0.2, 0.25) is 0 Å². The maximum Gasteiger partial charge on any atom is 0.335 e. The number of hydrogen-bond acceptors (Lipinski definition) is 5. The van der Waals surface area contributed by atoms with E-state index in [0.717, 1.165) is 24.1 Å². The fourth-order valence-corrected chi connectivity index (χ4v) is 4.95. The van der Waals surface area contributed by atoms with Gasteiger partial charge in [0.1, 0.15) is 29.6 Å². The molecule has 1 N–H and O–H groups in total. The molecule has 3 aromatic carbocycles. The molecule has 1 saturated heterocycles. The molecule has 0 radical (unpaired) electrons. The molecule has 1 fully saturated rings. The number of pyridine rings is 1. The quantitative estimate of drug-likeness (QED) is 0.194. The molecule has 0 saturated carbocycles. The van der Waals surface area contributed by atoms with Gasteiger partial charge in [0.05, 0.1) is 29.4 Å². The number of ether oxygens (including phenoxy) is 2. The van der Waals surface area contributed by atoms with Gasteiger partial charge in [0, 0.05) is 24.2 Å². The van der Waals surface area contributed by atoms with Gasteiger partial charge in [-0.1, -0.05) is 24.3 Å². The lowest BCUT2D eigenvalue weighted by Crippen LogP contribution is -2.31. The van der Waals surface area contributed by atoms with Crippen molar-refractivity contribution < 1.29 is 36.9 Å². The first-order chi connectivity index (χ1) is 20.7. The number of fused-ring (bicyclic) bond motifs is 1. The lowest BCUT2D eigenvalue weighted by Gasteiger charge is -2.27. The molecule has 3 heterocycles. The summed E-state index contributed by atoms with van der Waals surface area (Å²) in [6, 6.07) is 13.8. The number of hydrogen-bond donors (Lipinski definition) is 1. The van der Waals surface area contributed by atoms with Gasteiger partial charge in [-0.25, -0.2) is 32.3 Å². The Morgan fingerprint density at radius 3 is 2.42 bits per heavy atom. The van der Waals surface area contributed by atoms with Gasteiger partial charge >= 0.3 is 5.97 Å². The molecule has 43 heavy (non-hydrogen) atoms. The molecule has 5 aromatic rings. The van der Waals surface area contributed by atoms with Gasteiger partial charge in [-0.15, -0.1) is 0 Å². The Labute approximate surface area is 243 Å². The summed E-state index contributed by atoms with van der Waals surface area (Å²) in [7, 11) is 0. The minimum absolute atomic E-state index is 0.00934. The first kappa shape index (κ1) is 28.4. The zero-order valence-corrected chi connectivity index (χ0v) is 22.9. The monoisotopic (exact) mass is 591 g/mol. The second-order valence-electron chi connectivity index (χ2n) is 10.4. The smallest absolute Gasteiger partial charge is 0.335 e. The number of carboxylic acid groups (broad SMARTS) is 1. The Morgan fingerprint density at radius 2 is 1.72 bits per heavy atom. The van der Waals surface area contributed by atoms with Crippen LogP contribution in [0.15, 0.2) is 60.7 Å². The van der Waals surface area contributed by atoms with E-state index in [-0.39, 0.29) is 58.4 Å². The third kappa shape index (κ3) is 5.80. The van der Waals surface area contributed by atoms with E-state index in [9.17, 15) is 23.1 Å². The molecule has 1 atom stereocenters. The first-order valence-electron chi connectivity index (χ1n) is 13.5. The van der Waals surface area contributed by atoms with E-state index in [1.165, 1.54) is 30.3 Å². The maximum atomic E-state index is 15.4. The molecule has 0 unspecified atom stereocenters. The van der Waals surface area contributed by atoms with Gasteiger partial charge in [-0.2, -0.15) is 0 Å². The molecule has 7 nitrogen and oxygen atoms in total. The molecular formula is C32H25F4N3O4. The van der Waals surface area contributed by atoms with Crippen molar-refractivity contribution in [1.82, 2.24) is 14.5 Å². The van der Waals surface area contributed by atoms with Crippen LogP contribution < -0.4 is 4.74 Å². The van der Waals surface area contributed by atoms with E-state index >= 15 is 4.39 Å². The highest BCUT2D eigenvalue weighted by Crippen LogP contribution is 2.29. The number of halogens is 4. The maximum absolute atomic E-state index is 15.4. The van der Waals surface area contributed by atoms with Gasteiger partial charge in [-0.3, -0.25) is 0 Å². The van der Waals surface area contributed by atoms with Gasteiger partial charge in [0.15, 0.2) is 11.6 Å². The fourth-order valence-electron chi connectivity index (χ4n) is 4.95. The molecular weight excluding hydrogens is 566 g/mol. The number of aromatic nitrogens is 3. The van der Waals surface area contributed by atoms with E-state index in [1.54, 1.807) is 29.7 Å². The molecule has 220 valence electrons. The van der Waals surface area contributed by atoms with Gasteiger partial charge in [0.25, 0.3) is 5.88 Å². The summed E-state index contributed by atoms with van der Waals surface area (Å²) in [5.41, 5.74) is 1.87. The zero-order chi connectivity index (χ0) is 30.2. The van der Waals surface area contributed by atoms with Crippen molar-refractivity contribution in [2.24, 2.45) is 0 Å². The normalized spacial score (nSPS) is 14.6. The van der Waals surface area contributed by atoms with Crippen LogP contribution in [0, 0.1) is 30.2 Å². The number of imidazole rings is 1. The number of benzene rings is 3. The molecule has 0 bridgehead atoms. The number of carbonyl (C=O) groups is 1. The van der Waals surface area contributed by atoms with E-state index in [1.807, 2.05) is 0 Å². The van der Waals surface area contributed by atoms with Crippen molar-refractivity contribution in [3.8, 4) is 17.1 Å². The molecule has 0 aliphatic carbocycles. The Balaban J connectivity index is 1.27. The third-order valence-electron chi connectivity index (χ3n) is 7.40. The molecule has 1 aliphatic heterocycles. The Hall–Kier alpha value is -4.77. The van der Waals surface area contributed by atoms with Crippen LogP contribution in [0.4, 0.5) is 17.6 Å². The van der Waals surface area contributed by atoms with E-state index in [4.69, 9.17) is 9.47 Å². The van der Waals surface area contributed by atoms with Crippen molar-refractivity contribution in [2.45, 2.75) is 39.0 Å². The average Bonchev–Trinajstić information content (AvgIpc) is 3.29. The van der Waals surface area contributed by atoms with Crippen LogP contribution in [0.25, 0.3) is 22.3 Å². The minimum atomic E-state index is -1.28. The third-order valence-corrected chi connectivity index (χ3v) is 7.40. The first-order valence-corrected chi connectivity index (χ1v) is 13.5. The van der Waals surface area contributed by atoms with Gasteiger partial charge in [-0.05, 0) is 60.9 Å². The summed E-state index contributed by atoms with van der Waals surface area (Å²) in [5, 5.41) is 9.41. The summed E-state index contributed by atoms with van der Waals surface area (Å²) < 4.78 is 71.6. The predicted octanol–water partition coefficient (Wildman–Crippen LogP) is 6.62. The molecule has 6 rings (SSSR count). The average molecular weight is 592 g/mol. The molecule has 2 aromatic heterocycles. The summed E-state index contributed by atoms with van der Waals surface area (Å²) in [4.78, 5) is 20.1. The van der Waals surface area contributed by atoms with Gasteiger partial charge < -0.3 is 19.1 Å². The highest BCUT2D eigenvalue weighted by atomic mass is 19.1. The Bertz CT molecular complexity index is 1870. The van der Waals surface area contributed by atoms with Crippen LogP contribution in [0.3, 0.4) is 0 Å². The largest absolute Gasteiger partial charge is 0.478 e. The molecule has 0 spiro atoms. The lowest BCUT2D eigenvalue weighted by molar-refractivity contribution is -0.0589. The summed E-state index contributed by atoms with van der Waals surface area (Å²) in [5.74, 6) is -3.89.